The number of aromatic nitrogens is 4. The number of hydrogen-bond donors (Lipinski definition) is 0. The van der Waals surface area contributed by atoms with Crippen LogP contribution in [0.15, 0.2) is 47.1 Å². The SMILES string of the molecule is Cc1ccc(-c2nnn(CC(=O)N3CCN(C(=O)c4ccco4)CC3)n2)cc1. The fourth-order valence-corrected chi connectivity index (χ4v) is 3.06. The van der Waals surface area contributed by atoms with E-state index >= 15 is 0 Å². The summed E-state index contributed by atoms with van der Waals surface area (Å²) in [5.74, 6) is 0.549. The fourth-order valence-electron chi connectivity index (χ4n) is 3.06. The summed E-state index contributed by atoms with van der Waals surface area (Å²) >= 11 is 0. The Morgan fingerprint density at radius 2 is 1.75 bits per heavy atom. The molecule has 1 saturated heterocycles. The number of amides is 2. The van der Waals surface area contributed by atoms with E-state index in [1.165, 1.54) is 11.1 Å². The van der Waals surface area contributed by atoms with Crippen molar-refractivity contribution in [1.82, 2.24) is 30.0 Å². The molecule has 9 nitrogen and oxygen atoms in total. The lowest BCUT2D eigenvalue weighted by Crippen LogP contribution is -2.51. The summed E-state index contributed by atoms with van der Waals surface area (Å²) in [5.41, 5.74) is 2.00. The average molecular weight is 380 g/mol. The van der Waals surface area contributed by atoms with E-state index in [1.807, 2.05) is 31.2 Å². The van der Waals surface area contributed by atoms with Gasteiger partial charge in [-0.1, -0.05) is 29.8 Å². The third-order valence-electron chi connectivity index (χ3n) is 4.69. The number of piperazine rings is 1. The van der Waals surface area contributed by atoms with Gasteiger partial charge in [0.2, 0.25) is 11.7 Å². The summed E-state index contributed by atoms with van der Waals surface area (Å²) in [6.45, 7) is 3.88. The second-order valence-corrected chi connectivity index (χ2v) is 6.66. The van der Waals surface area contributed by atoms with E-state index in [0.717, 1.165) is 11.1 Å². The largest absolute Gasteiger partial charge is 0.459 e. The molecule has 2 aromatic heterocycles. The van der Waals surface area contributed by atoms with Gasteiger partial charge in [-0.3, -0.25) is 9.59 Å². The molecular weight excluding hydrogens is 360 g/mol. The van der Waals surface area contributed by atoms with Crippen LogP contribution in [-0.2, 0) is 11.3 Å². The first-order valence-corrected chi connectivity index (χ1v) is 9.05. The van der Waals surface area contributed by atoms with Crippen molar-refractivity contribution in [2.45, 2.75) is 13.5 Å². The Bertz CT molecular complexity index is 956. The number of nitrogens with zero attached hydrogens (tertiary/aromatic N) is 6. The van der Waals surface area contributed by atoms with Crippen molar-refractivity contribution >= 4 is 11.8 Å². The van der Waals surface area contributed by atoms with Gasteiger partial charge in [0.05, 0.1) is 6.26 Å². The van der Waals surface area contributed by atoms with Gasteiger partial charge < -0.3 is 14.2 Å². The lowest BCUT2D eigenvalue weighted by molar-refractivity contribution is -0.133. The van der Waals surface area contributed by atoms with Crippen LogP contribution >= 0.6 is 0 Å². The van der Waals surface area contributed by atoms with Gasteiger partial charge >= 0.3 is 0 Å². The van der Waals surface area contributed by atoms with Crippen LogP contribution in [0, 0.1) is 6.92 Å². The van der Waals surface area contributed by atoms with E-state index in [1.54, 1.807) is 21.9 Å². The number of rotatable bonds is 4. The number of furan rings is 1. The zero-order chi connectivity index (χ0) is 19.5. The Kier molecular flexibility index (Phi) is 4.88. The van der Waals surface area contributed by atoms with Crippen molar-refractivity contribution in [3.63, 3.8) is 0 Å². The van der Waals surface area contributed by atoms with Gasteiger partial charge in [0.15, 0.2) is 5.76 Å². The normalized spacial score (nSPS) is 14.3. The maximum atomic E-state index is 12.5. The molecule has 0 aliphatic carbocycles. The Labute approximate surface area is 161 Å². The molecule has 0 spiro atoms. The number of carbonyl (C=O) groups excluding carboxylic acids is 2. The molecular formula is C19H20N6O3. The highest BCUT2D eigenvalue weighted by molar-refractivity contribution is 5.91. The minimum atomic E-state index is -0.155. The second-order valence-electron chi connectivity index (χ2n) is 6.66. The predicted octanol–water partition coefficient (Wildman–Crippen LogP) is 1.23. The second kappa shape index (κ2) is 7.63. The molecule has 0 radical (unpaired) electrons. The van der Waals surface area contributed by atoms with Crippen molar-refractivity contribution in [1.29, 1.82) is 0 Å². The van der Waals surface area contributed by atoms with E-state index in [9.17, 15) is 9.59 Å². The lowest BCUT2D eigenvalue weighted by atomic mass is 10.1. The molecule has 1 aromatic carbocycles. The molecule has 0 N–H and O–H groups in total. The third-order valence-corrected chi connectivity index (χ3v) is 4.69. The quantitative estimate of drug-likeness (QED) is 0.675. The monoisotopic (exact) mass is 380 g/mol. The maximum absolute atomic E-state index is 12.5. The van der Waals surface area contributed by atoms with Gasteiger partial charge in [-0.2, -0.15) is 4.80 Å². The van der Waals surface area contributed by atoms with E-state index in [2.05, 4.69) is 15.4 Å². The fraction of sp³-hybridized carbons (Fsp3) is 0.316. The molecule has 0 saturated carbocycles. The number of tetrazole rings is 1. The molecule has 3 aromatic rings. The number of benzene rings is 1. The van der Waals surface area contributed by atoms with Crippen molar-refractivity contribution in [3.05, 3.63) is 54.0 Å². The van der Waals surface area contributed by atoms with Gasteiger partial charge in [0, 0.05) is 31.7 Å². The molecule has 0 atom stereocenters. The van der Waals surface area contributed by atoms with Crippen LogP contribution in [0.3, 0.4) is 0 Å². The zero-order valence-electron chi connectivity index (χ0n) is 15.5. The molecule has 0 unspecified atom stereocenters. The van der Waals surface area contributed by atoms with Crippen LogP contribution in [0.25, 0.3) is 11.4 Å². The van der Waals surface area contributed by atoms with Gasteiger partial charge in [-0.15, -0.1) is 10.2 Å². The molecule has 1 fully saturated rings. The van der Waals surface area contributed by atoms with Crippen molar-refractivity contribution < 1.29 is 14.0 Å². The van der Waals surface area contributed by atoms with Crippen LogP contribution in [0.2, 0.25) is 0 Å². The highest BCUT2D eigenvalue weighted by atomic mass is 16.3. The average Bonchev–Trinajstić information content (AvgIpc) is 3.40. The summed E-state index contributed by atoms with van der Waals surface area (Å²) in [6, 6.07) is 11.1. The van der Waals surface area contributed by atoms with Crippen molar-refractivity contribution in [3.8, 4) is 11.4 Å². The minimum absolute atomic E-state index is 0.0188. The van der Waals surface area contributed by atoms with Gasteiger partial charge in [0.25, 0.3) is 5.91 Å². The third kappa shape index (κ3) is 3.78. The van der Waals surface area contributed by atoms with Crippen molar-refractivity contribution in [2.24, 2.45) is 0 Å². The number of hydrogen-bond acceptors (Lipinski definition) is 6. The summed E-state index contributed by atoms with van der Waals surface area (Å²) in [5, 5.41) is 12.3. The highest BCUT2D eigenvalue weighted by Crippen LogP contribution is 2.14. The summed E-state index contributed by atoms with van der Waals surface area (Å²) in [4.78, 5) is 29.5. The van der Waals surface area contributed by atoms with E-state index in [-0.39, 0.29) is 18.4 Å². The molecule has 0 bridgehead atoms. The highest BCUT2D eigenvalue weighted by Gasteiger charge is 2.26. The zero-order valence-corrected chi connectivity index (χ0v) is 15.5. The van der Waals surface area contributed by atoms with Crippen molar-refractivity contribution in [2.75, 3.05) is 26.2 Å². The van der Waals surface area contributed by atoms with Crippen LogP contribution in [0.5, 0.6) is 0 Å². The Morgan fingerprint density at radius 3 is 2.43 bits per heavy atom. The van der Waals surface area contributed by atoms with Gasteiger partial charge in [-0.05, 0) is 24.3 Å². The first kappa shape index (κ1) is 17.9. The van der Waals surface area contributed by atoms with Crippen LogP contribution in [-0.4, -0.2) is 68.0 Å². The molecule has 144 valence electrons. The predicted molar refractivity (Wildman–Crippen MR) is 99.2 cm³/mol. The Morgan fingerprint density at radius 1 is 1.04 bits per heavy atom. The van der Waals surface area contributed by atoms with Crippen LogP contribution < -0.4 is 0 Å². The lowest BCUT2D eigenvalue weighted by Gasteiger charge is -2.34. The summed E-state index contributed by atoms with van der Waals surface area (Å²) < 4.78 is 5.15. The standard InChI is InChI=1S/C19H20N6O3/c1-14-4-6-15(7-5-14)18-20-22-25(21-18)13-17(26)23-8-10-24(11-9-23)19(27)16-3-2-12-28-16/h2-7,12H,8-11,13H2,1H3. The number of carbonyl (C=O) groups is 2. The molecule has 28 heavy (non-hydrogen) atoms. The molecule has 2 amide bonds. The van der Waals surface area contributed by atoms with Gasteiger partial charge in [0.1, 0.15) is 6.54 Å². The van der Waals surface area contributed by atoms with E-state index in [0.29, 0.717) is 37.8 Å². The minimum Gasteiger partial charge on any atom is -0.459 e. The maximum Gasteiger partial charge on any atom is 0.289 e. The first-order chi connectivity index (χ1) is 13.6. The molecule has 4 rings (SSSR count). The van der Waals surface area contributed by atoms with Crippen LogP contribution in [0.4, 0.5) is 0 Å². The molecule has 1 aliphatic rings. The molecule has 9 heteroatoms. The van der Waals surface area contributed by atoms with E-state index < -0.39 is 0 Å². The summed E-state index contributed by atoms with van der Waals surface area (Å²) in [6.07, 6.45) is 1.48. The topological polar surface area (TPSA) is 97.4 Å². The van der Waals surface area contributed by atoms with Gasteiger partial charge in [-0.25, -0.2) is 0 Å². The molecule has 3 heterocycles. The number of aryl methyl sites for hydroxylation is 1. The Balaban J connectivity index is 1.32. The first-order valence-electron chi connectivity index (χ1n) is 9.05. The molecule has 1 aliphatic heterocycles. The van der Waals surface area contributed by atoms with Crippen LogP contribution in [0.1, 0.15) is 16.1 Å². The summed E-state index contributed by atoms with van der Waals surface area (Å²) in [7, 11) is 0. The smallest absolute Gasteiger partial charge is 0.289 e. The Hall–Kier alpha value is -3.49. The van der Waals surface area contributed by atoms with E-state index in [4.69, 9.17) is 4.42 Å².